The molecule has 1 nitrogen and oxygen atoms in total. The van der Waals surface area contributed by atoms with Crippen LogP contribution in [0.2, 0.25) is 0 Å². The van der Waals surface area contributed by atoms with Crippen LogP contribution in [0.1, 0.15) is 55.2 Å². The molecule has 27 heavy (non-hydrogen) atoms. The van der Waals surface area contributed by atoms with E-state index in [4.69, 9.17) is 4.74 Å². The average Bonchev–Trinajstić information content (AvgIpc) is 2.59. The van der Waals surface area contributed by atoms with Crippen LogP contribution in [0.3, 0.4) is 0 Å². The van der Waals surface area contributed by atoms with Crippen LogP contribution >= 0.6 is 0 Å². The first-order valence-electron chi connectivity index (χ1n) is 9.02. The van der Waals surface area contributed by atoms with Crippen molar-refractivity contribution in [2.45, 2.75) is 51.3 Å². The normalized spacial score (nSPS) is 20.5. The molecule has 146 valence electrons. The molecule has 2 aromatic rings. The molecule has 0 radical (unpaired) electrons. The highest BCUT2D eigenvalue weighted by atomic mass is 19.4. The van der Waals surface area contributed by atoms with Crippen LogP contribution in [0.15, 0.2) is 36.4 Å². The van der Waals surface area contributed by atoms with Crippen LogP contribution in [0.4, 0.5) is 22.0 Å². The van der Waals surface area contributed by atoms with Crippen molar-refractivity contribution in [3.8, 4) is 5.75 Å². The van der Waals surface area contributed by atoms with E-state index in [0.717, 1.165) is 11.5 Å². The Morgan fingerprint density at radius 1 is 0.926 bits per heavy atom. The molecule has 1 aliphatic rings. The van der Waals surface area contributed by atoms with Crippen molar-refractivity contribution in [2.24, 2.45) is 5.92 Å². The number of benzene rings is 2. The lowest BCUT2D eigenvalue weighted by Crippen LogP contribution is -2.12. The van der Waals surface area contributed by atoms with Crippen molar-refractivity contribution in [3.05, 3.63) is 64.7 Å². The molecule has 0 aromatic heterocycles. The van der Waals surface area contributed by atoms with E-state index in [1.54, 1.807) is 0 Å². The summed E-state index contributed by atoms with van der Waals surface area (Å²) in [4.78, 5) is 0. The molecule has 0 atom stereocenters. The van der Waals surface area contributed by atoms with E-state index in [1.165, 1.54) is 31.2 Å². The van der Waals surface area contributed by atoms with Crippen LogP contribution in [0.5, 0.6) is 5.75 Å². The lowest BCUT2D eigenvalue weighted by atomic mass is 9.79. The highest BCUT2D eigenvalue weighted by Crippen LogP contribution is 2.36. The number of hydrogen-bond donors (Lipinski definition) is 0. The Kier molecular flexibility index (Phi) is 5.72. The summed E-state index contributed by atoms with van der Waals surface area (Å²) >= 11 is 0. The molecule has 0 heterocycles. The highest BCUT2D eigenvalue weighted by Gasteiger charge is 2.38. The van der Waals surface area contributed by atoms with Gasteiger partial charge in [-0.3, -0.25) is 0 Å². The minimum atomic E-state index is -5.08. The van der Waals surface area contributed by atoms with Gasteiger partial charge in [0.2, 0.25) is 0 Å². The van der Waals surface area contributed by atoms with E-state index < -0.39 is 23.4 Å². The summed E-state index contributed by atoms with van der Waals surface area (Å²) in [7, 11) is 0. The Labute approximate surface area is 155 Å². The van der Waals surface area contributed by atoms with Gasteiger partial charge in [-0.25, -0.2) is 8.78 Å². The largest absolute Gasteiger partial charge is 0.489 e. The zero-order chi connectivity index (χ0) is 19.6. The molecular formula is C21H21F5O. The monoisotopic (exact) mass is 384 g/mol. The highest BCUT2D eigenvalue weighted by molar-refractivity contribution is 5.33. The molecule has 3 rings (SSSR count). The summed E-state index contributed by atoms with van der Waals surface area (Å²) in [5.41, 5.74) is 0.141. The van der Waals surface area contributed by atoms with Gasteiger partial charge < -0.3 is 4.74 Å². The van der Waals surface area contributed by atoms with Crippen LogP contribution in [-0.4, -0.2) is 0 Å². The topological polar surface area (TPSA) is 9.23 Å². The first-order chi connectivity index (χ1) is 12.7. The lowest BCUT2D eigenvalue weighted by Gasteiger charge is -2.26. The van der Waals surface area contributed by atoms with Gasteiger partial charge >= 0.3 is 6.18 Å². The summed E-state index contributed by atoms with van der Waals surface area (Å²) in [6.07, 6.45) is -0.303. The molecule has 1 saturated carbocycles. The Morgan fingerprint density at radius 3 is 2.00 bits per heavy atom. The molecule has 0 spiro atoms. The number of halogens is 5. The van der Waals surface area contributed by atoms with Gasteiger partial charge in [-0.15, -0.1) is 0 Å². The second kappa shape index (κ2) is 7.87. The quantitative estimate of drug-likeness (QED) is 0.524. The summed E-state index contributed by atoms with van der Waals surface area (Å²) in [5, 5.41) is 0. The summed E-state index contributed by atoms with van der Waals surface area (Å²) in [6, 6.07) is 8.92. The van der Waals surface area contributed by atoms with Crippen molar-refractivity contribution >= 4 is 0 Å². The SMILES string of the molecule is CC1CCC(c2ccc(COc3cc(F)c(C(F)(F)F)c(F)c3)cc2)CC1. The van der Waals surface area contributed by atoms with Crippen LogP contribution < -0.4 is 4.74 Å². The predicted molar refractivity (Wildman–Crippen MR) is 92.5 cm³/mol. The second-order valence-electron chi connectivity index (χ2n) is 7.25. The molecule has 2 aromatic carbocycles. The van der Waals surface area contributed by atoms with Gasteiger partial charge in [-0.05, 0) is 35.8 Å². The first kappa shape index (κ1) is 19.6. The Balaban J connectivity index is 1.63. The van der Waals surface area contributed by atoms with Gasteiger partial charge in [0.1, 0.15) is 29.6 Å². The van der Waals surface area contributed by atoms with Crippen molar-refractivity contribution in [1.82, 2.24) is 0 Å². The summed E-state index contributed by atoms with van der Waals surface area (Å²) in [6.45, 7) is 2.29. The zero-order valence-corrected chi connectivity index (χ0v) is 15.0. The molecule has 0 saturated heterocycles. The van der Waals surface area contributed by atoms with Crippen LogP contribution in [0.25, 0.3) is 0 Å². The van der Waals surface area contributed by atoms with E-state index in [9.17, 15) is 22.0 Å². The van der Waals surface area contributed by atoms with Gasteiger partial charge in [0.25, 0.3) is 0 Å². The van der Waals surface area contributed by atoms with Crippen LogP contribution in [0, 0.1) is 17.6 Å². The maximum Gasteiger partial charge on any atom is 0.422 e. The second-order valence-corrected chi connectivity index (χ2v) is 7.25. The van der Waals surface area contributed by atoms with Gasteiger partial charge in [0, 0.05) is 12.1 Å². The fraction of sp³-hybridized carbons (Fsp3) is 0.429. The van der Waals surface area contributed by atoms with Gasteiger partial charge in [-0.2, -0.15) is 13.2 Å². The minimum absolute atomic E-state index is 0.0201. The van der Waals surface area contributed by atoms with Crippen molar-refractivity contribution < 1.29 is 26.7 Å². The van der Waals surface area contributed by atoms with Crippen LogP contribution in [-0.2, 0) is 12.8 Å². The molecule has 0 unspecified atom stereocenters. The Morgan fingerprint density at radius 2 is 1.48 bits per heavy atom. The first-order valence-corrected chi connectivity index (χ1v) is 9.02. The number of hydrogen-bond acceptors (Lipinski definition) is 1. The van der Waals surface area contributed by atoms with E-state index in [2.05, 4.69) is 6.92 Å². The molecule has 0 aliphatic heterocycles. The minimum Gasteiger partial charge on any atom is -0.489 e. The number of ether oxygens (including phenoxy) is 1. The molecule has 0 bridgehead atoms. The van der Waals surface area contributed by atoms with E-state index >= 15 is 0 Å². The number of rotatable bonds is 4. The predicted octanol–water partition coefficient (Wildman–Crippen LogP) is 6.86. The van der Waals surface area contributed by atoms with E-state index in [-0.39, 0.29) is 12.4 Å². The number of alkyl halides is 3. The Bertz CT molecular complexity index is 751. The third-order valence-corrected chi connectivity index (χ3v) is 5.17. The maximum absolute atomic E-state index is 13.6. The standard InChI is InChI=1S/C21H21F5O/c1-13-2-6-15(7-3-13)16-8-4-14(5-9-16)12-27-17-10-18(22)20(19(23)11-17)21(24,25)26/h4-5,8-11,13,15H,2-3,6-7,12H2,1H3. The summed E-state index contributed by atoms with van der Waals surface area (Å²) < 4.78 is 70.2. The molecule has 0 N–H and O–H groups in total. The zero-order valence-electron chi connectivity index (χ0n) is 15.0. The average molecular weight is 384 g/mol. The molecule has 0 amide bonds. The fourth-order valence-corrected chi connectivity index (χ4v) is 3.55. The molecule has 1 fully saturated rings. The van der Waals surface area contributed by atoms with Gasteiger partial charge in [0.15, 0.2) is 0 Å². The third-order valence-electron chi connectivity index (χ3n) is 5.17. The summed E-state index contributed by atoms with van der Waals surface area (Å²) in [5.74, 6) is -2.31. The van der Waals surface area contributed by atoms with E-state index in [1.807, 2.05) is 24.3 Å². The maximum atomic E-state index is 13.6. The van der Waals surface area contributed by atoms with Crippen molar-refractivity contribution in [1.29, 1.82) is 0 Å². The lowest BCUT2D eigenvalue weighted by molar-refractivity contribution is -0.142. The van der Waals surface area contributed by atoms with Crippen molar-refractivity contribution in [3.63, 3.8) is 0 Å². The molecular weight excluding hydrogens is 363 g/mol. The Hall–Kier alpha value is -2.11. The van der Waals surface area contributed by atoms with Gasteiger partial charge in [-0.1, -0.05) is 44.0 Å². The van der Waals surface area contributed by atoms with Crippen molar-refractivity contribution in [2.75, 3.05) is 0 Å². The third kappa shape index (κ3) is 4.79. The molecule has 6 heteroatoms. The smallest absolute Gasteiger partial charge is 0.422 e. The fourth-order valence-electron chi connectivity index (χ4n) is 3.55. The molecule has 1 aliphatic carbocycles. The van der Waals surface area contributed by atoms with Gasteiger partial charge in [0.05, 0.1) is 0 Å². The van der Waals surface area contributed by atoms with E-state index in [0.29, 0.717) is 18.1 Å².